The highest BCUT2D eigenvalue weighted by atomic mass is 16.5. The van der Waals surface area contributed by atoms with E-state index in [1.165, 1.54) is 5.56 Å². The SMILES string of the molecule is Cc1nc(NC2CCN(Cc3cccnc3)CC2)cc(C2CCOC2)n1. The van der Waals surface area contributed by atoms with Gasteiger partial charge >= 0.3 is 0 Å². The molecule has 0 radical (unpaired) electrons. The van der Waals surface area contributed by atoms with Gasteiger partial charge in [-0.25, -0.2) is 9.97 Å². The van der Waals surface area contributed by atoms with Gasteiger partial charge in [0.05, 0.1) is 12.3 Å². The third-order valence-electron chi connectivity index (χ3n) is 5.27. The Morgan fingerprint density at radius 3 is 2.85 bits per heavy atom. The van der Waals surface area contributed by atoms with E-state index in [-0.39, 0.29) is 0 Å². The van der Waals surface area contributed by atoms with Crippen molar-refractivity contribution in [3.8, 4) is 0 Å². The average molecular weight is 353 g/mol. The summed E-state index contributed by atoms with van der Waals surface area (Å²) in [4.78, 5) is 15.9. The molecular formula is C20H27N5O. The number of hydrogen-bond acceptors (Lipinski definition) is 6. The quantitative estimate of drug-likeness (QED) is 0.892. The molecular weight excluding hydrogens is 326 g/mol. The summed E-state index contributed by atoms with van der Waals surface area (Å²) in [6.45, 7) is 6.77. The summed E-state index contributed by atoms with van der Waals surface area (Å²) < 4.78 is 5.51. The van der Waals surface area contributed by atoms with Crippen LogP contribution in [0, 0.1) is 6.92 Å². The molecule has 0 aromatic carbocycles. The number of anilines is 1. The molecule has 26 heavy (non-hydrogen) atoms. The van der Waals surface area contributed by atoms with Crippen LogP contribution in [-0.4, -0.2) is 52.2 Å². The summed E-state index contributed by atoms with van der Waals surface area (Å²) in [6, 6.07) is 6.75. The highest BCUT2D eigenvalue weighted by Crippen LogP contribution is 2.26. The second kappa shape index (κ2) is 8.10. The summed E-state index contributed by atoms with van der Waals surface area (Å²) in [5.41, 5.74) is 2.40. The van der Waals surface area contributed by atoms with E-state index in [2.05, 4.69) is 37.3 Å². The summed E-state index contributed by atoms with van der Waals surface area (Å²) in [5, 5.41) is 3.64. The molecule has 138 valence electrons. The Bertz CT molecular complexity index is 709. The van der Waals surface area contributed by atoms with Gasteiger partial charge in [-0.2, -0.15) is 0 Å². The van der Waals surface area contributed by atoms with Crippen molar-refractivity contribution in [2.24, 2.45) is 0 Å². The molecule has 0 spiro atoms. The van der Waals surface area contributed by atoms with Crippen molar-refractivity contribution in [2.75, 3.05) is 31.6 Å². The third kappa shape index (κ3) is 4.37. The molecule has 4 rings (SSSR count). The molecule has 2 aliphatic rings. The fraction of sp³-hybridized carbons (Fsp3) is 0.550. The van der Waals surface area contributed by atoms with Crippen molar-refractivity contribution in [3.05, 3.63) is 47.7 Å². The molecule has 1 atom stereocenters. The van der Waals surface area contributed by atoms with E-state index in [0.717, 1.165) is 69.4 Å². The van der Waals surface area contributed by atoms with Crippen molar-refractivity contribution in [2.45, 2.75) is 44.7 Å². The monoisotopic (exact) mass is 353 g/mol. The van der Waals surface area contributed by atoms with Crippen molar-refractivity contribution in [1.29, 1.82) is 0 Å². The normalized spacial score (nSPS) is 21.8. The molecule has 6 nitrogen and oxygen atoms in total. The molecule has 1 N–H and O–H groups in total. The van der Waals surface area contributed by atoms with Crippen molar-refractivity contribution < 1.29 is 4.74 Å². The smallest absolute Gasteiger partial charge is 0.130 e. The molecule has 4 heterocycles. The summed E-state index contributed by atoms with van der Waals surface area (Å²) in [7, 11) is 0. The topological polar surface area (TPSA) is 63.2 Å². The minimum Gasteiger partial charge on any atom is -0.381 e. The van der Waals surface area contributed by atoms with Gasteiger partial charge in [0.2, 0.25) is 0 Å². The Labute approximate surface area is 155 Å². The predicted octanol–water partition coefficient (Wildman–Crippen LogP) is 2.76. The van der Waals surface area contributed by atoms with E-state index in [1.54, 1.807) is 0 Å². The Balaban J connectivity index is 1.32. The Morgan fingerprint density at radius 1 is 1.23 bits per heavy atom. The van der Waals surface area contributed by atoms with Crippen LogP contribution in [0.15, 0.2) is 30.6 Å². The highest BCUT2D eigenvalue weighted by molar-refractivity contribution is 5.38. The van der Waals surface area contributed by atoms with Crippen molar-refractivity contribution in [3.63, 3.8) is 0 Å². The molecule has 2 aliphatic heterocycles. The maximum atomic E-state index is 5.51. The predicted molar refractivity (Wildman–Crippen MR) is 101 cm³/mol. The first-order chi connectivity index (χ1) is 12.8. The number of pyridine rings is 1. The number of nitrogens with one attached hydrogen (secondary N) is 1. The van der Waals surface area contributed by atoms with Gasteiger partial charge in [0.1, 0.15) is 11.6 Å². The Morgan fingerprint density at radius 2 is 2.12 bits per heavy atom. The number of ether oxygens (including phenoxy) is 1. The fourth-order valence-electron chi connectivity index (χ4n) is 3.84. The largest absolute Gasteiger partial charge is 0.381 e. The van der Waals surface area contributed by atoms with Gasteiger partial charge in [-0.05, 0) is 37.8 Å². The number of piperidine rings is 1. The first-order valence-electron chi connectivity index (χ1n) is 9.57. The first-order valence-corrected chi connectivity index (χ1v) is 9.57. The molecule has 2 aromatic heterocycles. The average Bonchev–Trinajstić information content (AvgIpc) is 3.19. The zero-order valence-electron chi connectivity index (χ0n) is 15.4. The van der Waals surface area contributed by atoms with Gasteiger partial charge in [-0.3, -0.25) is 9.88 Å². The highest BCUT2D eigenvalue weighted by Gasteiger charge is 2.22. The van der Waals surface area contributed by atoms with E-state index in [0.29, 0.717) is 12.0 Å². The van der Waals surface area contributed by atoms with Crippen LogP contribution in [0.1, 0.15) is 42.3 Å². The lowest BCUT2D eigenvalue weighted by Gasteiger charge is -2.32. The number of likely N-dealkylation sites (tertiary alicyclic amines) is 1. The van der Waals surface area contributed by atoms with Gasteiger partial charge in [-0.1, -0.05) is 6.07 Å². The maximum absolute atomic E-state index is 5.51. The summed E-state index contributed by atoms with van der Waals surface area (Å²) in [6.07, 6.45) is 7.11. The number of aryl methyl sites for hydroxylation is 1. The number of rotatable bonds is 5. The van der Waals surface area contributed by atoms with Crippen LogP contribution >= 0.6 is 0 Å². The molecule has 2 aromatic rings. The van der Waals surface area contributed by atoms with Gasteiger partial charge < -0.3 is 10.1 Å². The van der Waals surface area contributed by atoms with Crippen LogP contribution in [0.25, 0.3) is 0 Å². The van der Waals surface area contributed by atoms with E-state index >= 15 is 0 Å². The molecule has 2 fully saturated rings. The van der Waals surface area contributed by atoms with Crippen LogP contribution in [-0.2, 0) is 11.3 Å². The van der Waals surface area contributed by atoms with Gasteiger partial charge in [0.15, 0.2) is 0 Å². The maximum Gasteiger partial charge on any atom is 0.130 e. The Kier molecular flexibility index (Phi) is 5.41. The standard InChI is InChI=1S/C20H27N5O/c1-15-22-19(17-6-10-26-14-17)11-20(23-15)24-18-4-8-25(9-5-18)13-16-3-2-7-21-12-16/h2-3,7,11-12,17-18H,4-6,8-10,13-14H2,1H3,(H,22,23,24). The van der Waals surface area contributed by atoms with E-state index < -0.39 is 0 Å². The van der Waals surface area contributed by atoms with Crippen molar-refractivity contribution in [1.82, 2.24) is 19.9 Å². The first kappa shape index (κ1) is 17.4. The van der Waals surface area contributed by atoms with Crippen LogP contribution in [0.3, 0.4) is 0 Å². The molecule has 0 saturated carbocycles. The molecule has 2 saturated heterocycles. The lowest BCUT2D eigenvalue weighted by Crippen LogP contribution is -2.38. The summed E-state index contributed by atoms with van der Waals surface area (Å²) >= 11 is 0. The van der Waals surface area contributed by atoms with Crippen molar-refractivity contribution >= 4 is 5.82 Å². The molecule has 6 heteroatoms. The van der Waals surface area contributed by atoms with E-state index in [9.17, 15) is 0 Å². The lowest BCUT2D eigenvalue weighted by molar-refractivity contribution is 0.193. The minimum absolute atomic E-state index is 0.415. The Hall–Kier alpha value is -2.05. The number of hydrogen-bond donors (Lipinski definition) is 1. The zero-order valence-corrected chi connectivity index (χ0v) is 15.4. The van der Waals surface area contributed by atoms with Crippen LogP contribution in [0.4, 0.5) is 5.82 Å². The fourth-order valence-corrected chi connectivity index (χ4v) is 3.84. The minimum atomic E-state index is 0.415. The second-order valence-corrected chi connectivity index (χ2v) is 7.34. The second-order valence-electron chi connectivity index (χ2n) is 7.34. The molecule has 0 bridgehead atoms. The molecule has 0 amide bonds. The van der Waals surface area contributed by atoms with Gasteiger partial charge in [0.25, 0.3) is 0 Å². The molecule has 0 aliphatic carbocycles. The van der Waals surface area contributed by atoms with Crippen LogP contribution in [0.5, 0.6) is 0 Å². The van der Waals surface area contributed by atoms with Crippen LogP contribution in [0.2, 0.25) is 0 Å². The third-order valence-corrected chi connectivity index (χ3v) is 5.27. The van der Waals surface area contributed by atoms with E-state index in [4.69, 9.17) is 4.74 Å². The lowest BCUT2D eigenvalue weighted by atomic mass is 10.0. The van der Waals surface area contributed by atoms with E-state index in [1.807, 2.05) is 25.4 Å². The summed E-state index contributed by atoms with van der Waals surface area (Å²) in [5.74, 6) is 2.22. The molecule has 1 unspecified atom stereocenters. The zero-order chi connectivity index (χ0) is 17.8. The number of aromatic nitrogens is 3. The van der Waals surface area contributed by atoms with Crippen LogP contribution < -0.4 is 5.32 Å². The van der Waals surface area contributed by atoms with Gasteiger partial charge in [0, 0.05) is 56.7 Å². The number of nitrogens with zero attached hydrogens (tertiary/aromatic N) is 4. The van der Waals surface area contributed by atoms with Gasteiger partial charge in [-0.15, -0.1) is 0 Å².